The van der Waals surface area contributed by atoms with Gasteiger partial charge in [0.05, 0.1) is 0 Å². The van der Waals surface area contributed by atoms with Crippen LogP contribution in [0.5, 0.6) is 5.75 Å². The van der Waals surface area contributed by atoms with Crippen LogP contribution < -0.4 is 10.1 Å². The predicted molar refractivity (Wildman–Crippen MR) is 85.5 cm³/mol. The third-order valence-electron chi connectivity index (χ3n) is 2.90. The molecule has 1 amide bonds. The van der Waals surface area contributed by atoms with E-state index in [1.807, 2.05) is 0 Å². The van der Waals surface area contributed by atoms with Crippen molar-refractivity contribution in [1.29, 1.82) is 0 Å². The Hall–Kier alpha value is -2.62. The van der Waals surface area contributed by atoms with Gasteiger partial charge in [0.25, 0.3) is 5.91 Å². The smallest absolute Gasteiger partial charge is 0.344 e. The molecule has 1 N–H and O–H groups in total. The van der Waals surface area contributed by atoms with Gasteiger partial charge in [0.15, 0.2) is 30.6 Å². The van der Waals surface area contributed by atoms with Crippen LogP contribution >= 0.6 is 15.9 Å². The molecule has 0 fully saturated rings. The van der Waals surface area contributed by atoms with Crippen LogP contribution in [0, 0.1) is 23.3 Å². The Kier molecular flexibility index (Phi) is 6.56. The van der Waals surface area contributed by atoms with E-state index in [1.165, 1.54) is 0 Å². The summed E-state index contributed by atoms with van der Waals surface area (Å²) in [7, 11) is 0. The molecule has 0 saturated carbocycles. The molecule has 26 heavy (non-hydrogen) atoms. The van der Waals surface area contributed by atoms with Crippen molar-refractivity contribution in [3.05, 3.63) is 58.1 Å². The first-order valence-corrected chi connectivity index (χ1v) is 7.74. The van der Waals surface area contributed by atoms with Crippen LogP contribution in [0.2, 0.25) is 0 Å². The van der Waals surface area contributed by atoms with Crippen molar-refractivity contribution < 1.29 is 36.6 Å². The van der Waals surface area contributed by atoms with E-state index < -0.39 is 54.1 Å². The summed E-state index contributed by atoms with van der Waals surface area (Å²) >= 11 is 3.22. The number of hydrogen-bond acceptors (Lipinski definition) is 4. The summed E-state index contributed by atoms with van der Waals surface area (Å²) in [4.78, 5) is 23.1. The summed E-state index contributed by atoms with van der Waals surface area (Å²) in [6, 6.07) is 6.55. The predicted octanol–water partition coefficient (Wildman–Crippen LogP) is 3.57. The van der Waals surface area contributed by atoms with Gasteiger partial charge in [0, 0.05) is 16.2 Å². The largest absolute Gasteiger partial charge is 0.476 e. The average molecular weight is 436 g/mol. The number of carbonyl (C=O) groups excluding carboxylic acids is 2. The van der Waals surface area contributed by atoms with Crippen LogP contribution in [0.3, 0.4) is 0 Å². The van der Waals surface area contributed by atoms with Gasteiger partial charge in [0.2, 0.25) is 11.6 Å². The zero-order chi connectivity index (χ0) is 19.3. The number of anilines is 1. The first-order valence-electron chi connectivity index (χ1n) is 6.94. The Balaban J connectivity index is 1.84. The lowest BCUT2D eigenvalue weighted by Gasteiger charge is -2.10. The van der Waals surface area contributed by atoms with Crippen molar-refractivity contribution in [3.8, 4) is 5.75 Å². The van der Waals surface area contributed by atoms with E-state index in [4.69, 9.17) is 0 Å². The SMILES string of the molecule is O=C(COC(=O)COc1c(F)c(F)cc(F)c1F)Nc1ccc(Br)cc1. The number of esters is 1. The lowest BCUT2D eigenvalue weighted by atomic mass is 10.3. The second-order valence-electron chi connectivity index (χ2n) is 4.80. The molecule has 0 spiro atoms. The molecular weight excluding hydrogens is 426 g/mol. The average Bonchev–Trinajstić information content (AvgIpc) is 2.60. The van der Waals surface area contributed by atoms with Crippen LogP contribution in [0.15, 0.2) is 34.8 Å². The van der Waals surface area contributed by atoms with E-state index in [0.717, 1.165) is 4.47 Å². The summed E-state index contributed by atoms with van der Waals surface area (Å²) in [5.74, 6) is -10.2. The topological polar surface area (TPSA) is 64.6 Å². The Morgan fingerprint density at radius 3 is 2.12 bits per heavy atom. The summed E-state index contributed by atoms with van der Waals surface area (Å²) < 4.78 is 62.5. The molecule has 0 heterocycles. The van der Waals surface area contributed by atoms with E-state index in [-0.39, 0.29) is 6.07 Å². The maximum absolute atomic E-state index is 13.4. The lowest BCUT2D eigenvalue weighted by molar-refractivity contribution is -0.149. The zero-order valence-electron chi connectivity index (χ0n) is 12.8. The number of ether oxygens (including phenoxy) is 2. The second-order valence-corrected chi connectivity index (χ2v) is 5.72. The fourth-order valence-electron chi connectivity index (χ4n) is 1.73. The highest BCUT2D eigenvalue weighted by molar-refractivity contribution is 9.10. The van der Waals surface area contributed by atoms with Crippen molar-refractivity contribution in [1.82, 2.24) is 0 Å². The molecule has 0 radical (unpaired) electrons. The van der Waals surface area contributed by atoms with E-state index in [2.05, 4.69) is 30.7 Å². The molecule has 2 rings (SSSR count). The van der Waals surface area contributed by atoms with Crippen molar-refractivity contribution in [2.75, 3.05) is 18.5 Å². The molecule has 0 aliphatic rings. The Morgan fingerprint density at radius 1 is 0.962 bits per heavy atom. The fraction of sp³-hybridized carbons (Fsp3) is 0.125. The molecule has 2 aromatic carbocycles. The minimum atomic E-state index is -1.79. The van der Waals surface area contributed by atoms with E-state index in [9.17, 15) is 27.2 Å². The van der Waals surface area contributed by atoms with Gasteiger partial charge >= 0.3 is 5.97 Å². The van der Waals surface area contributed by atoms with Crippen LogP contribution in [0.25, 0.3) is 0 Å². The van der Waals surface area contributed by atoms with E-state index in [0.29, 0.717) is 5.69 Å². The molecule has 138 valence electrons. The summed E-state index contributed by atoms with van der Waals surface area (Å²) in [5, 5.41) is 2.43. The highest BCUT2D eigenvalue weighted by Gasteiger charge is 2.21. The highest BCUT2D eigenvalue weighted by Crippen LogP contribution is 2.26. The molecule has 0 saturated heterocycles. The third-order valence-corrected chi connectivity index (χ3v) is 3.43. The van der Waals surface area contributed by atoms with Gasteiger partial charge < -0.3 is 14.8 Å². The molecule has 0 unspecified atom stereocenters. The molecular formula is C16H10BrF4NO4. The number of rotatable bonds is 6. The van der Waals surface area contributed by atoms with Gasteiger partial charge in [-0.25, -0.2) is 13.6 Å². The third kappa shape index (κ3) is 5.19. The van der Waals surface area contributed by atoms with Crippen molar-refractivity contribution in [2.24, 2.45) is 0 Å². The number of benzene rings is 2. The summed E-state index contributed by atoms with van der Waals surface area (Å²) in [5.41, 5.74) is 0.449. The molecule has 0 aliphatic heterocycles. The quantitative estimate of drug-likeness (QED) is 0.428. The normalized spacial score (nSPS) is 10.3. The van der Waals surface area contributed by atoms with Gasteiger partial charge in [-0.2, -0.15) is 8.78 Å². The van der Waals surface area contributed by atoms with E-state index >= 15 is 0 Å². The number of halogens is 5. The molecule has 0 aliphatic carbocycles. The zero-order valence-corrected chi connectivity index (χ0v) is 14.4. The minimum Gasteiger partial charge on any atom is -0.476 e. The Bertz CT molecular complexity index is 804. The second kappa shape index (κ2) is 8.65. The van der Waals surface area contributed by atoms with Crippen LogP contribution in [-0.2, 0) is 14.3 Å². The van der Waals surface area contributed by atoms with Crippen LogP contribution in [0.4, 0.5) is 23.2 Å². The standard InChI is InChI=1S/C16H10BrF4NO4/c17-8-1-3-9(4-2-8)22-12(23)6-25-13(24)7-26-16-14(20)10(18)5-11(19)15(16)21/h1-5H,6-7H2,(H,22,23). The minimum absolute atomic E-state index is 0.00229. The van der Waals surface area contributed by atoms with Crippen molar-refractivity contribution in [3.63, 3.8) is 0 Å². The number of nitrogens with one attached hydrogen (secondary N) is 1. The Labute approximate surface area is 153 Å². The molecule has 0 atom stereocenters. The Morgan fingerprint density at radius 2 is 1.54 bits per heavy atom. The lowest BCUT2D eigenvalue weighted by Crippen LogP contribution is -2.24. The number of amides is 1. The van der Waals surface area contributed by atoms with Crippen LogP contribution in [-0.4, -0.2) is 25.1 Å². The van der Waals surface area contributed by atoms with Gasteiger partial charge in [-0.05, 0) is 24.3 Å². The number of carbonyl (C=O) groups is 2. The van der Waals surface area contributed by atoms with Gasteiger partial charge in [0.1, 0.15) is 0 Å². The molecule has 10 heteroatoms. The fourth-order valence-corrected chi connectivity index (χ4v) is 1.99. The first-order chi connectivity index (χ1) is 12.3. The van der Waals surface area contributed by atoms with Crippen molar-refractivity contribution >= 4 is 33.5 Å². The van der Waals surface area contributed by atoms with Crippen molar-refractivity contribution in [2.45, 2.75) is 0 Å². The summed E-state index contributed by atoms with van der Waals surface area (Å²) in [6.07, 6.45) is 0. The molecule has 2 aromatic rings. The van der Waals surface area contributed by atoms with Gasteiger partial charge in [-0.3, -0.25) is 4.79 Å². The highest BCUT2D eigenvalue weighted by atomic mass is 79.9. The molecule has 0 aromatic heterocycles. The maximum atomic E-state index is 13.4. The molecule has 0 bridgehead atoms. The number of hydrogen-bond donors (Lipinski definition) is 1. The first kappa shape index (κ1) is 19.7. The molecule has 5 nitrogen and oxygen atoms in total. The van der Waals surface area contributed by atoms with Gasteiger partial charge in [-0.1, -0.05) is 15.9 Å². The maximum Gasteiger partial charge on any atom is 0.344 e. The summed E-state index contributed by atoms with van der Waals surface area (Å²) in [6.45, 7) is -1.75. The van der Waals surface area contributed by atoms with E-state index in [1.54, 1.807) is 24.3 Å². The van der Waals surface area contributed by atoms with Crippen LogP contribution in [0.1, 0.15) is 0 Å². The monoisotopic (exact) mass is 435 g/mol. The van der Waals surface area contributed by atoms with Gasteiger partial charge in [-0.15, -0.1) is 0 Å².